The molecule has 1 heterocycles. The lowest BCUT2D eigenvalue weighted by atomic mass is 9.90. The zero-order chi connectivity index (χ0) is 20.0. The van der Waals surface area contributed by atoms with Gasteiger partial charge in [0.25, 0.3) is 0 Å². The van der Waals surface area contributed by atoms with Crippen molar-refractivity contribution in [1.82, 2.24) is 0 Å². The van der Waals surface area contributed by atoms with E-state index in [0.29, 0.717) is 19.4 Å². The molecule has 2 N–H and O–H groups in total. The number of hydrogen-bond acceptors (Lipinski definition) is 4. The van der Waals surface area contributed by atoms with Crippen LogP contribution in [0.15, 0.2) is 48.5 Å². The molecule has 0 amide bonds. The lowest BCUT2D eigenvalue weighted by molar-refractivity contribution is -0.168. The first kappa shape index (κ1) is 21.0. The molecular formula is C24H32O4. The van der Waals surface area contributed by atoms with Crippen LogP contribution in [0.4, 0.5) is 0 Å². The zero-order valence-corrected chi connectivity index (χ0v) is 16.9. The van der Waals surface area contributed by atoms with E-state index in [2.05, 4.69) is 0 Å². The molecule has 0 aliphatic carbocycles. The topological polar surface area (TPSA) is 58.9 Å². The second-order valence-corrected chi connectivity index (χ2v) is 8.12. The summed E-state index contributed by atoms with van der Waals surface area (Å²) in [6.45, 7) is 4.85. The normalized spacial score (nSPS) is 18.8. The fraction of sp³-hybridized carbons (Fsp3) is 0.500. The van der Waals surface area contributed by atoms with Gasteiger partial charge in [-0.2, -0.15) is 0 Å². The SMILES string of the molecule is CC(C)(O)c1ccccc1CCC(O)c1cccc(CO[C@H]2CCCCO2)c1. The molecule has 4 nitrogen and oxygen atoms in total. The largest absolute Gasteiger partial charge is 0.388 e. The van der Waals surface area contributed by atoms with E-state index in [1.165, 1.54) is 0 Å². The summed E-state index contributed by atoms with van der Waals surface area (Å²) < 4.78 is 11.5. The van der Waals surface area contributed by atoms with E-state index in [0.717, 1.165) is 48.1 Å². The van der Waals surface area contributed by atoms with E-state index >= 15 is 0 Å². The van der Waals surface area contributed by atoms with Crippen molar-refractivity contribution in [3.8, 4) is 0 Å². The zero-order valence-electron chi connectivity index (χ0n) is 16.9. The van der Waals surface area contributed by atoms with Gasteiger partial charge in [0.1, 0.15) is 0 Å². The summed E-state index contributed by atoms with van der Waals surface area (Å²) in [6, 6.07) is 15.8. The molecule has 2 atom stereocenters. The molecule has 1 aliphatic heterocycles. The monoisotopic (exact) mass is 384 g/mol. The van der Waals surface area contributed by atoms with Gasteiger partial charge in [0.2, 0.25) is 0 Å². The van der Waals surface area contributed by atoms with Crippen molar-refractivity contribution >= 4 is 0 Å². The van der Waals surface area contributed by atoms with Crippen molar-refractivity contribution in [3.63, 3.8) is 0 Å². The van der Waals surface area contributed by atoms with Gasteiger partial charge in [-0.15, -0.1) is 0 Å². The standard InChI is InChI=1S/C24H32O4/c1-24(2,26)21-11-4-3-9-19(21)13-14-22(25)20-10-7-8-18(16-20)17-28-23-12-5-6-15-27-23/h3-4,7-11,16,22-23,25-26H,5-6,12-15,17H2,1-2H3/t22?,23-/m0/s1. The Morgan fingerprint density at radius 3 is 2.71 bits per heavy atom. The highest BCUT2D eigenvalue weighted by Gasteiger charge is 2.20. The molecule has 2 aromatic rings. The third-order valence-electron chi connectivity index (χ3n) is 5.27. The molecule has 28 heavy (non-hydrogen) atoms. The second kappa shape index (κ2) is 9.66. The Labute approximate surface area is 168 Å². The molecule has 1 aliphatic rings. The van der Waals surface area contributed by atoms with Gasteiger partial charge in [-0.1, -0.05) is 48.5 Å². The number of ether oxygens (including phenoxy) is 2. The Hall–Kier alpha value is -1.72. The molecule has 2 aromatic carbocycles. The average Bonchev–Trinajstić information content (AvgIpc) is 2.71. The maximum absolute atomic E-state index is 10.7. The van der Waals surface area contributed by atoms with Crippen LogP contribution in [0.5, 0.6) is 0 Å². The van der Waals surface area contributed by atoms with E-state index in [9.17, 15) is 10.2 Å². The molecule has 152 valence electrons. The number of aryl methyl sites for hydroxylation is 1. The summed E-state index contributed by atoms with van der Waals surface area (Å²) in [7, 11) is 0. The van der Waals surface area contributed by atoms with Gasteiger partial charge in [0.05, 0.1) is 18.3 Å². The first-order valence-electron chi connectivity index (χ1n) is 10.2. The summed E-state index contributed by atoms with van der Waals surface area (Å²) in [5, 5.41) is 21.1. The average molecular weight is 385 g/mol. The number of aliphatic hydroxyl groups is 2. The summed E-state index contributed by atoms with van der Waals surface area (Å²) in [5.74, 6) is 0. The number of aliphatic hydroxyl groups excluding tert-OH is 1. The number of benzene rings is 2. The van der Waals surface area contributed by atoms with Gasteiger partial charge in [0.15, 0.2) is 6.29 Å². The first-order valence-corrected chi connectivity index (χ1v) is 10.2. The Kier molecular flexibility index (Phi) is 7.24. The van der Waals surface area contributed by atoms with E-state index in [1.807, 2.05) is 48.5 Å². The number of hydrogen-bond donors (Lipinski definition) is 2. The van der Waals surface area contributed by atoms with E-state index < -0.39 is 11.7 Å². The van der Waals surface area contributed by atoms with Gasteiger partial charge in [-0.3, -0.25) is 0 Å². The minimum absolute atomic E-state index is 0.110. The van der Waals surface area contributed by atoms with Crippen LogP contribution in [0.3, 0.4) is 0 Å². The van der Waals surface area contributed by atoms with Crippen LogP contribution in [-0.4, -0.2) is 23.1 Å². The van der Waals surface area contributed by atoms with Gasteiger partial charge in [-0.25, -0.2) is 0 Å². The second-order valence-electron chi connectivity index (χ2n) is 8.12. The van der Waals surface area contributed by atoms with Crippen molar-refractivity contribution in [2.45, 2.75) is 70.6 Å². The molecule has 0 saturated carbocycles. The third-order valence-corrected chi connectivity index (χ3v) is 5.27. The maximum Gasteiger partial charge on any atom is 0.158 e. The van der Waals surface area contributed by atoms with E-state index in [-0.39, 0.29) is 6.29 Å². The van der Waals surface area contributed by atoms with Crippen molar-refractivity contribution < 1.29 is 19.7 Å². The molecule has 0 aromatic heterocycles. The van der Waals surface area contributed by atoms with E-state index in [4.69, 9.17) is 9.47 Å². The molecule has 0 spiro atoms. The fourth-order valence-corrected chi connectivity index (χ4v) is 3.72. The molecule has 0 radical (unpaired) electrons. The maximum atomic E-state index is 10.7. The predicted octanol–water partition coefficient (Wildman–Crippen LogP) is 4.62. The van der Waals surface area contributed by atoms with Crippen LogP contribution < -0.4 is 0 Å². The van der Waals surface area contributed by atoms with Gasteiger partial charge >= 0.3 is 0 Å². The molecule has 3 rings (SSSR count). The lowest BCUT2D eigenvalue weighted by Gasteiger charge is -2.23. The molecule has 1 unspecified atom stereocenters. The summed E-state index contributed by atoms with van der Waals surface area (Å²) >= 11 is 0. The highest BCUT2D eigenvalue weighted by atomic mass is 16.7. The predicted molar refractivity (Wildman–Crippen MR) is 110 cm³/mol. The molecule has 0 bridgehead atoms. The summed E-state index contributed by atoms with van der Waals surface area (Å²) in [6.07, 6.45) is 3.85. The van der Waals surface area contributed by atoms with Crippen molar-refractivity contribution in [3.05, 3.63) is 70.8 Å². The third kappa shape index (κ3) is 5.89. The quantitative estimate of drug-likeness (QED) is 0.697. The Balaban J connectivity index is 1.58. The smallest absolute Gasteiger partial charge is 0.158 e. The Morgan fingerprint density at radius 1 is 1.14 bits per heavy atom. The van der Waals surface area contributed by atoms with Crippen molar-refractivity contribution in [1.29, 1.82) is 0 Å². The van der Waals surface area contributed by atoms with Crippen LogP contribution in [0, 0.1) is 0 Å². The van der Waals surface area contributed by atoms with Crippen LogP contribution >= 0.6 is 0 Å². The minimum atomic E-state index is -0.889. The highest BCUT2D eigenvalue weighted by molar-refractivity contribution is 5.32. The molecule has 4 heteroatoms. The highest BCUT2D eigenvalue weighted by Crippen LogP contribution is 2.27. The van der Waals surface area contributed by atoms with Crippen LogP contribution in [0.2, 0.25) is 0 Å². The van der Waals surface area contributed by atoms with Crippen molar-refractivity contribution in [2.24, 2.45) is 0 Å². The Bertz CT molecular complexity index is 744. The molecular weight excluding hydrogens is 352 g/mol. The van der Waals surface area contributed by atoms with Gasteiger partial charge < -0.3 is 19.7 Å². The summed E-state index contributed by atoms with van der Waals surface area (Å²) in [5.41, 5.74) is 3.04. The Morgan fingerprint density at radius 2 is 1.96 bits per heavy atom. The van der Waals surface area contributed by atoms with Gasteiger partial charge in [0, 0.05) is 6.61 Å². The fourth-order valence-electron chi connectivity index (χ4n) is 3.72. The first-order chi connectivity index (χ1) is 13.4. The van der Waals surface area contributed by atoms with Crippen LogP contribution in [-0.2, 0) is 28.1 Å². The number of rotatable bonds is 8. The lowest BCUT2D eigenvalue weighted by Crippen LogP contribution is -2.22. The molecule has 1 fully saturated rings. The van der Waals surface area contributed by atoms with Gasteiger partial charge in [-0.05, 0) is 68.2 Å². The van der Waals surface area contributed by atoms with Crippen LogP contribution in [0.1, 0.15) is 67.9 Å². The van der Waals surface area contributed by atoms with Crippen molar-refractivity contribution in [2.75, 3.05) is 6.61 Å². The molecule has 1 saturated heterocycles. The van der Waals surface area contributed by atoms with E-state index in [1.54, 1.807) is 13.8 Å². The van der Waals surface area contributed by atoms with Crippen LogP contribution in [0.25, 0.3) is 0 Å². The summed E-state index contributed by atoms with van der Waals surface area (Å²) in [4.78, 5) is 0. The minimum Gasteiger partial charge on any atom is -0.388 e.